The Bertz CT molecular complexity index is 2460. The van der Waals surface area contributed by atoms with Crippen LogP contribution in [0.1, 0.15) is 140 Å². The van der Waals surface area contributed by atoms with Crippen molar-refractivity contribution >= 4 is 81.1 Å². The van der Waals surface area contributed by atoms with E-state index in [1.165, 1.54) is 65.6 Å². The van der Waals surface area contributed by atoms with Gasteiger partial charge in [-0.2, -0.15) is 0 Å². The zero-order valence-corrected chi connectivity index (χ0v) is 52.7. The molecule has 2 amide bonds. The first kappa shape index (κ1) is 66.1. The second kappa shape index (κ2) is 34.7. The minimum absolute atomic E-state index is 0. The third-order valence-electron chi connectivity index (χ3n) is 16.9. The van der Waals surface area contributed by atoms with Gasteiger partial charge in [-0.15, -0.1) is 46.4 Å². The van der Waals surface area contributed by atoms with Crippen molar-refractivity contribution in [1.82, 2.24) is 14.7 Å². The third kappa shape index (κ3) is 19.8. The SMILES string of the molecule is CCC(=O)N(c1ccccc1)C1(CC)CCN(CCc2cccs2)CC1.CCC(=O)N(c1ccccc1)C1(CC)CCN(CCc2cccs2)CC1.CCC(C)=O.CCC1(Nc2ccccc2)CCN(CCc2cccs2)CC1.Cl. The molecule has 0 atom stereocenters. The van der Waals surface area contributed by atoms with Crippen molar-refractivity contribution in [1.29, 1.82) is 0 Å². The summed E-state index contributed by atoms with van der Waals surface area (Å²) in [6, 6.07) is 44.3. The summed E-state index contributed by atoms with van der Waals surface area (Å²) in [6.45, 7) is 24.3. The van der Waals surface area contributed by atoms with Crippen LogP contribution in [0.3, 0.4) is 0 Å². The highest BCUT2D eigenvalue weighted by atomic mass is 35.5. The van der Waals surface area contributed by atoms with Gasteiger partial charge in [0.15, 0.2) is 0 Å². The predicted octanol–water partition coefficient (Wildman–Crippen LogP) is 16.0. The van der Waals surface area contributed by atoms with Gasteiger partial charge < -0.3 is 34.6 Å². The van der Waals surface area contributed by atoms with Gasteiger partial charge in [0.05, 0.1) is 0 Å². The molecular weight excluding hydrogens is 1070 g/mol. The molecule has 3 fully saturated rings. The van der Waals surface area contributed by atoms with E-state index in [4.69, 9.17) is 0 Å². The zero-order valence-electron chi connectivity index (χ0n) is 49.4. The maximum atomic E-state index is 12.9. The van der Waals surface area contributed by atoms with Gasteiger partial charge in [0.1, 0.15) is 5.78 Å². The summed E-state index contributed by atoms with van der Waals surface area (Å²) in [7, 11) is 0. The van der Waals surface area contributed by atoms with Gasteiger partial charge in [-0.1, -0.05) is 114 Å². The van der Waals surface area contributed by atoms with Crippen molar-refractivity contribution in [2.24, 2.45) is 0 Å². The van der Waals surface area contributed by atoms with Crippen LogP contribution in [-0.4, -0.2) is 108 Å². The Balaban J connectivity index is 0.000000211. The Hall–Kier alpha value is -4.66. The number of amides is 2. The van der Waals surface area contributed by atoms with Gasteiger partial charge in [-0.05, 0) is 155 Å². The lowest BCUT2D eigenvalue weighted by Crippen LogP contribution is -2.57. The average molecular weight is 1160 g/mol. The number of para-hydroxylation sites is 3. The molecule has 0 unspecified atom stereocenters. The number of thiophene rings is 3. The van der Waals surface area contributed by atoms with E-state index in [1.807, 2.05) is 91.2 Å². The fourth-order valence-electron chi connectivity index (χ4n) is 11.5. The monoisotopic (exact) mass is 1160 g/mol. The van der Waals surface area contributed by atoms with Crippen molar-refractivity contribution in [3.05, 3.63) is 158 Å². The fourth-order valence-corrected chi connectivity index (χ4v) is 13.6. The summed E-state index contributed by atoms with van der Waals surface area (Å²) >= 11 is 5.57. The third-order valence-corrected chi connectivity index (χ3v) is 19.7. The number of halogens is 1. The summed E-state index contributed by atoms with van der Waals surface area (Å²) in [5, 5.41) is 10.3. The molecule has 3 aromatic carbocycles. The van der Waals surface area contributed by atoms with E-state index in [0.717, 1.165) is 102 Å². The van der Waals surface area contributed by atoms with Crippen molar-refractivity contribution in [2.75, 3.05) is 74.0 Å². The lowest BCUT2D eigenvalue weighted by atomic mass is 9.82. The van der Waals surface area contributed by atoms with Crippen LogP contribution in [0.5, 0.6) is 0 Å². The molecule has 3 aliphatic heterocycles. The molecule has 0 spiro atoms. The number of nitrogens with one attached hydrogen (secondary N) is 1. The first-order chi connectivity index (χ1) is 38.4. The molecule has 9 rings (SSSR count). The van der Waals surface area contributed by atoms with E-state index >= 15 is 0 Å². The van der Waals surface area contributed by atoms with Crippen LogP contribution in [0.2, 0.25) is 0 Å². The Labute approximate surface area is 500 Å². The minimum atomic E-state index is -0.0477. The molecule has 0 radical (unpaired) electrons. The van der Waals surface area contributed by atoms with Crippen molar-refractivity contribution in [3.63, 3.8) is 0 Å². The van der Waals surface area contributed by atoms with Gasteiger partial charge in [-0.25, -0.2) is 0 Å². The minimum Gasteiger partial charge on any atom is -0.380 e. The molecule has 1 N–H and O–H groups in total. The first-order valence-corrected chi connectivity index (χ1v) is 32.4. The molecule has 3 saturated heterocycles. The number of likely N-dealkylation sites (tertiary alicyclic amines) is 3. The molecule has 13 heteroatoms. The zero-order chi connectivity index (χ0) is 56.4. The molecule has 0 aliphatic carbocycles. The van der Waals surface area contributed by atoms with E-state index in [9.17, 15) is 14.4 Å². The maximum absolute atomic E-state index is 12.9. The molecular formula is C67H95ClN6O3S3. The molecule has 0 saturated carbocycles. The van der Waals surface area contributed by atoms with Gasteiger partial charge in [-0.3, -0.25) is 9.59 Å². The van der Waals surface area contributed by atoms with Gasteiger partial charge in [0.25, 0.3) is 0 Å². The fraction of sp³-hybridized carbons (Fsp3) is 0.507. The molecule has 6 heterocycles. The van der Waals surface area contributed by atoms with Crippen molar-refractivity contribution in [2.45, 2.75) is 161 Å². The number of hydrogen-bond donors (Lipinski definition) is 1. The van der Waals surface area contributed by atoms with E-state index < -0.39 is 0 Å². The quantitative estimate of drug-likeness (QED) is 0.0769. The Morgan fingerprint density at radius 1 is 0.450 bits per heavy atom. The van der Waals surface area contributed by atoms with E-state index in [-0.39, 0.29) is 46.6 Å². The summed E-state index contributed by atoms with van der Waals surface area (Å²) < 4.78 is 0. The summed E-state index contributed by atoms with van der Waals surface area (Å²) in [5.41, 5.74) is 3.54. The summed E-state index contributed by atoms with van der Waals surface area (Å²) in [4.78, 5) is 51.9. The molecule has 80 heavy (non-hydrogen) atoms. The maximum Gasteiger partial charge on any atom is 0.227 e. The number of benzene rings is 3. The Morgan fingerprint density at radius 2 is 0.775 bits per heavy atom. The van der Waals surface area contributed by atoms with Gasteiger partial charge >= 0.3 is 0 Å². The normalized spacial score (nSPS) is 16.6. The lowest BCUT2D eigenvalue weighted by Gasteiger charge is -2.48. The highest BCUT2D eigenvalue weighted by Gasteiger charge is 2.43. The second-order valence-corrected chi connectivity index (χ2v) is 24.8. The lowest BCUT2D eigenvalue weighted by molar-refractivity contribution is -0.120. The van der Waals surface area contributed by atoms with Crippen LogP contribution in [0, 0.1) is 0 Å². The molecule has 9 nitrogen and oxygen atoms in total. The van der Waals surface area contributed by atoms with Crippen LogP contribution in [0.25, 0.3) is 0 Å². The Kier molecular flexibility index (Phi) is 28.7. The topological polar surface area (TPSA) is 79.4 Å². The number of rotatable bonds is 21. The summed E-state index contributed by atoms with van der Waals surface area (Å²) in [5.74, 6) is 0.736. The van der Waals surface area contributed by atoms with Crippen molar-refractivity contribution < 1.29 is 14.4 Å². The second-order valence-electron chi connectivity index (χ2n) is 21.7. The van der Waals surface area contributed by atoms with Crippen LogP contribution < -0.4 is 15.1 Å². The van der Waals surface area contributed by atoms with E-state index in [2.05, 4.69) is 158 Å². The first-order valence-electron chi connectivity index (χ1n) is 29.8. The average Bonchev–Trinajstić information content (AvgIpc) is 4.36. The van der Waals surface area contributed by atoms with Crippen LogP contribution in [0.15, 0.2) is 144 Å². The van der Waals surface area contributed by atoms with Crippen LogP contribution >= 0.6 is 46.4 Å². The number of anilines is 3. The highest BCUT2D eigenvalue weighted by Crippen LogP contribution is 2.39. The molecule has 3 aromatic heterocycles. The number of hydrogen-bond acceptors (Lipinski definition) is 10. The van der Waals surface area contributed by atoms with Crippen LogP contribution in [-0.2, 0) is 33.6 Å². The smallest absolute Gasteiger partial charge is 0.227 e. The highest BCUT2D eigenvalue weighted by molar-refractivity contribution is 7.10. The largest absolute Gasteiger partial charge is 0.380 e. The van der Waals surface area contributed by atoms with Gasteiger partial charge in [0.2, 0.25) is 11.8 Å². The van der Waals surface area contributed by atoms with Gasteiger partial charge in [0, 0.05) is 126 Å². The standard InChI is InChI=1S/2C22H30N2OS.C19H26N2S.C4H8O.ClH/c2*1-3-21(25)24(19-9-6-5-7-10-19)22(4-2)13-16-23(17-14-22)15-12-20-11-8-18-26-20;1-2-19(20-17-7-4-3-5-8-17)11-14-21(15-12-19)13-10-18-9-6-16-22-18;1-3-4(2)5;/h2*5-11,18H,3-4,12-17H2,1-2H3;3-9,16,20H,2,10-15H2,1H3;3H2,1-2H3;1H. The van der Waals surface area contributed by atoms with E-state index in [0.29, 0.717) is 19.3 Å². The number of nitrogens with zero attached hydrogens (tertiary/aromatic N) is 5. The number of Topliss-reactive ketones (excluding diaryl/α,β-unsaturated/α-hetero) is 1. The molecule has 6 aromatic rings. The van der Waals surface area contributed by atoms with Crippen LogP contribution in [0.4, 0.5) is 17.1 Å². The number of piperidine rings is 3. The number of carbonyl (C=O) groups excluding carboxylic acids is 3. The summed E-state index contributed by atoms with van der Waals surface area (Å²) in [6.07, 6.45) is 15.1. The van der Waals surface area contributed by atoms with E-state index in [1.54, 1.807) is 6.92 Å². The molecule has 436 valence electrons. The molecule has 0 bridgehead atoms. The predicted molar refractivity (Wildman–Crippen MR) is 347 cm³/mol. The Morgan fingerprint density at radius 3 is 1.05 bits per heavy atom. The van der Waals surface area contributed by atoms with Crippen molar-refractivity contribution in [3.8, 4) is 0 Å². The molecule has 3 aliphatic rings. The number of carbonyl (C=O) groups is 3. The number of ketones is 1.